The van der Waals surface area contributed by atoms with E-state index in [1.165, 1.54) is 40.3 Å². The summed E-state index contributed by atoms with van der Waals surface area (Å²) in [5, 5.41) is 0. The molecular weight excluding hydrogens is 521 g/mol. The lowest BCUT2D eigenvalue weighted by atomic mass is 9.78. The minimum Gasteiger partial charge on any atom is -0.457 e. The Morgan fingerprint density at radius 1 is 0.829 bits per heavy atom. The van der Waals surface area contributed by atoms with Crippen molar-refractivity contribution in [1.82, 2.24) is 0 Å². The number of rotatable bonds is 9. The SMILES string of the molecule is CC(C)(c1ccccc1)c1ccc(Oc2ccc(N3C[C@H](C(=O)OCC(=O)c4ccc(F)cc4)CC3=O)cc2)cc1. The van der Waals surface area contributed by atoms with E-state index >= 15 is 0 Å². The molecule has 1 aliphatic heterocycles. The van der Waals surface area contributed by atoms with Crippen LogP contribution in [-0.2, 0) is 19.7 Å². The number of carbonyl (C=O) groups is 3. The third kappa shape index (κ3) is 6.35. The zero-order valence-electron chi connectivity index (χ0n) is 22.9. The summed E-state index contributed by atoms with van der Waals surface area (Å²) < 4.78 is 24.2. The third-order valence-electron chi connectivity index (χ3n) is 7.43. The molecule has 0 radical (unpaired) electrons. The molecule has 0 aromatic heterocycles. The van der Waals surface area contributed by atoms with Gasteiger partial charge in [0.2, 0.25) is 5.91 Å². The van der Waals surface area contributed by atoms with Crippen LogP contribution in [0.25, 0.3) is 0 Å². The van der Waals surface area contributed by atoms with Gasteiger partial charge in [-0.05, 0) is 71.8 Å². The molecule has 41 heavy (non-hydrogen) atoms. The summed E-state index contributed by atoms with van der Waals surface area (Å²) in [6.45, 7) is 4.07. The second-order valence-electron chi connectivity index (χ2n) is 10.6. The van der Waals surface area contributed by atoms with E-state index in [0.29, 0.717) is 17.2 Å². The Bertz CT molecular complexity index is 1530. The molecule has 0 saturated carbocycles. The number of ether oxygens (including phenoxy) is 2. The maximum Gasteiger partial charge on any atom is 0.311 e. The molecule has 6 nitrogen and oxygen atoms in total. The zero-order valence-corrected chi connectivity index (χ0v) is 22.9. The molecule has 1 saturated heterocycles. The topological polar surface area (TPSA) is 72.9 Å². The van der Waals surface area contributed by atoms with Gasteiger partial charge in [-0.2, -0.15) is 0 Å². The highest BCUT2D eigenvalue weighted by Crippen LogP contribution is 2.34. The summed E-state index contributed by atoms with van der Waals surface area (Å²) in [5.41, 5.74) is 3.14. The first-order valence-electron chi connectivity index (χ1n) is 13.4. The van der Waals surface area contributed by atoms with E-state index in [2.05, 4.69) is 38.1 Å². The van der Waals surface area contributed by atoms with E-state index in [0.717, 1.165) is 0 Å². The van der Waals surface area contributed by atoms with Gasteiger partial charge in [0.1, 0.15) is 17.3 Å². The molecule has 7 heteroatoms. The summed E-state index contributed by atoms with van der Waals surface area (Å²) in [4.78, 5) is 38.9. The molecule has 0 bridgehead atoms. The van der Waals surface area contributed by atoms with Crippen molar-refractivity contribution < 1.29 is 28.2 Å². The van der Waals surface area contributed by atoms with E-state index in [-0.39, 0.29) is 29.9 Å². The van der Waals surface area contributed by atoms with Crippen molar-refractivity contribution in [3.8, 4) is 11.5 Å². The summed E-state index contributed by atoms with van der Waals surface area (Å²) >= 11 is 0. The predicted octanol–water partition coefficient (Wildman–Crippen LogP) is 6.72. The van der Waals surface area contributed by atoms with Crippen LogP contribution >= 0.6 is 0 Å². The maximum atomic E-state index is 13.1. The molecule has 1 heterocycles. The molecule has 1 aliphatic rings. The van der Waals surface area contributed by atoms with Crippen molar-refractivity contribution in [2.45, 2.75) is 25.7 Å². The molecule has 1 fully saturated rings. The first kappa shape index (κ1) is 27.8. The van der Waals surface area contributed by atoms with Gasteiger partial charge < -0.3 is 14.4 Å². The Kier molecular flexibility index (Phi) is 7.97. The van der Waals surface area contributed by atoms with Crippen molar-refractivity contribution in [3.05, 3.63) is 126 Å². The zero-order chi connectivity index (χ0) is 29.0. The second kappa shape index (κ2) is 11.8. The van der Waals surface area contributed by atoms with Crippen molar-refractivity contribution in [1.29, 1.82) is 0 Å². The fraction of sp³-hybridized carbons (Fsp3) is 0.206. The average Bonchev–Trinajstić information content (AvgIpc) is 3.39. The summed E-state index contributed by atoms with van der Waals surface area (Å²) in [5.74, 6) is -1.09. The van der Waals surface area contributed by atoms with Gasteiger partial charge in [-0.3, -0.25) is 14.4 Å². The van der Waals surface area contributed by atoms with Gasteiger partial charge in [-0.1, -0.05) is 56.3 Å². The number of hydrogen-bond acceptors (Lipinski definition) is 5. The Balaban J connectivity index is 1.16. The number of hydrogen-bond donors (Lipinski definition) is 0. The molecule has 1 amide bonds. The van der Waals surface area contributed by atoms with E-state index < -0.39 is 30.1 Å². The highest BCUT2D eigenvalue weighted by atomic mass is 19.1. The Morgan fingerprint density at radius 2 is 1.41 bits per heavy atom. The summed E-state index contributed by atoms with van der Waals surface area (Å²) in [6, 6.07) is 30.4. The fourth-order valence-corrected chi connectivity index (χ4v) is 4.88. The number of carbonyl (C=O) groups excluding carboxylic acids is 3. The second-order valence-corrected chi connectivity index (χ2v) is 10.6. The summed E-state index contributed by atoms with van der Waals surface area (Å²) in [7, 11) is 0. The normalized spacial score (nSPS) is 15.0. The van der Waals surface area contributed by atoms with Crippen molar-refractivity contribution in [2.75, 3.05) is 18.1 Å². The van der Waals surface area contributed by atoms with Crippen LogP contribution in [0.3, 0.4) is 0 Å². The lowest BCUT2D eigenvalue weighted by Gasteiger charge is -2.26. The maximum absolute atomic E-state index is 13.1. The van der Waals surface area contributed by atoms with Gasteiger partial charge in [0.05, 0.1) is 5.92 Å². The summed E-state index contributed by atoms with van der Waals surface area (Å²) in [6.07, 6.45) is -0.00645. The smallest absolute Gasteiger partial charge is 0.311 e. The van der Waals surface area contributed by atoms with Crippen LogP contribution in [0, 0.1) is 11.7 Å². The van der Waals surface area contributed by atoms with Gasteiger partial charge in [-0.15, -0.1) is 0 Å². The van der Waals surface area contributed by atoms with E-state index in [9.17, 15) is 18.8 Å². The van der Waals surface area contributed by atoms with Crippen molar-refractivity contribution >= 4 is 23.3 Å². The van der Waals surface area contributed by atoms with Crippen LogP contribution in [0.1, 0.15) is 41.8 Å². The standard InChI is InChI=1S/C34H30FNO5/c1-34(2,25-6-4-3-5-7-25)26-10-16-29(17-11-26)41-30-18-14-28(15-19-30)36-21-24(20-32(36)38)33(39)40-22-31(37)23-8-12-27(35)13-9-23/h3-19,24H,20-22H2,1-2H3/t24-/m1/s1. The van der Waals surface area contributed by atoms with E-state index in [1.807, 2.05) is 30.3 Å². The quantitative estimate of drug-likeness (QED) is 0.171. The molecule has 208 valence electrons. The minimum absolute atomic E-state index is 0.00645. The van der Waals surface area contributed by atoms with E-state index in [4.69, 9.17) is 9.47 Å². The number of esters is 1. The Morgan fingerprint density at radius 3 is 2.05 bits per heavy atom. The molecule has 0 aliphatic carbocycles. The van der Waals surface area contributed by atoms with Crippen LogP contribution in [0.5, 0.6) is 11.5 Å². The Labute approximate surface area is 238 Å². The van der Waals surface area contributed by atoms with Crippen LogP contribution in [0.15, 0.2) is 103 Å². The van der Waals surface area contributed by atoms with Gasteiger partial charge >= 0.3 is 5.97 Å². The third-order valence-corrected chi connectivity index (χ3v) is 7.43. The van der Waals surface area contributed by atoms with Crippen LogP contribution < -0.4 is 9.64 Å². The number of halogens is 1. The van der Waals surface area contributed by atoms with Crippen molar-refractivity contribution in [2.24, 2.45) is 5.92 Å². The first-order valence-corrected chi connectivity index (χ1v) is 13.4. The molecule has 0 spiro atoms. The molecule has 1 atom stereocenters. The lowest BCUT2D eigenvalue weighted by molar-refractivity contribution is -0.147. The van der Waals surface area contributed by atoms with Gasteiger partial charge in [-0.25, -0.2) is 4.39 Å². The van der Waals surface area contributed by atoms with Crippen LogP contribution in [-0.4, -0.2) is 30.8 Å². The van der Waals surface area contributed by atoms with Gasteiger partial charge in [0.25, 0.3) is 0 Å². The molecule has 4 aromatic carbocycles. The highest BCUT2D eigenvalue weighted by molar-refractivity contribution is 6.01. The van der Waals surface area contributed by atoms with Crippen LogP contribution in [0.4, 0.5) is 10.1 Å². The molecule has 5 rings (SSSR count). The number of nitrogens with zero attached hydrogens (tertiary/aromatic N) is 1. The predicted molar refractivity (Wildman–Crippen MR) is 154 cm³/mol. The van der Waals surface area contributed by atoms with Gasteiger partial charge in [0, 0.05) is 29.6 Å². The molecular formula is C34H30FNO5. The molecule has 0 unspecified atom stereocenters. The fourth-order valence-electron chi connectivity index (χ4n) is 4.88. The highest BCUT2D eigenvalue weighted by Gasteiger charge is 2.36. The largest absolute Gasteiger partial charge is 0.457 e. The number of amides is 1. The molecule has 4 aromatic rings. The Hall–Kier alpha value is -4.78. The first-order chi connectivity index (χ1) is 19.7. The van der Waals surface area contributed by atoms with E-state index in [1.54, 1.807) is 24.3 Å². The lowest BCUT2D eigenvalue weighted by Crippen LogP contribution is -2.27. The minimum atomic E-state index is -0.682. The molecule has 0 N–H and O–H groups in total. The van der Waals surface area contributed by atoms with Crippen LogP contribution in [0.2, 0.25) is 0 Å². The number of Topliss-reactive ketones (excluding diaryl/α,β-unsaturated/α-hetero) is 1. The monoisotopic (exact) mass is 551 g/mol. The average molecular weight is 552 g/mol. The number of anilines is 1. The van der Waals surface area contributed by atoms with Crippen molar-refractivity contribution in [3.63, 3.8) is 0 Å². The number of benzene rings is 4. The van der Waals surface area contributed by atoms with Gasteiger partial charge in [0.15, 0.2) is 12.4 Å². The number of ketones is 1.